The Hall–Kier alpha value is -0.130. The second-order valence-electron chi connectivity index (χ2n) is 2.89. The molecular formula is C6H14N2O2S. The topological polar surface area (TPSA) is 72.2 Å². The predicted octanol–water partition coefficient (Wildman–Crippen LogP) is -0.583. The molecule has 66 valence electrons. The van der Waals surface area contributed by atoms with Gasteiger partial charge in [-0.3, -0.25) is 0 Å². The molecule has 0 radical (unpaired) electrons. The Morgan fingerprint density at radius 1 is 1.27 bits per heavy atom. The highest BCUT2D eigenvalue weighted by molar-refractivity contribution is 7.89. The average molecular weight is 178 g/mol. The van der Waals surface area contributed by atoms with Crippen LogP contribution in [0.5, 0.6) is 0 Å². The van der Waals surface area contributed by atoms with Crippen LogP contribution in [0.15, 0.2) is 0 Å². The van der Waals surface area contributed by atoms with E-state index in [9.17, 15) is 8.42 Å². The van der Waals surface area contributed by atoms with Crippen LogP contribution < -0.4 is 10.5 Å². The molecule has 0 aliphatic carbocycles. The molecule has 1 aliphatic heterocycles. The lowest BCUT2D eigenvalue weighted by Crippen LogP contribution is -2.29. The molecule has 5 heteroatoms. The summed E-state index contributed by atoms with van der Waals surface area (Å²) in [6.45, 7) is 1.67. The molecule has 1 rings (SSSR count). The molecule has 1 heterocycles. The fourth-order valence-corrected chi connectivity index (χ4v) is 2.26. The van der Waals surface area contributed by atoms with E-state index in [1.165, 1.54) is 0 Å². The zero-order valence-corrected chi connectivity index (χ0v) is 7.23. The number of nitrogens with one attached hydrogen (secondary N) is 1. The lowest BCUT2D eigenvalue weighted by atomic mass is 10.2. The van der Waals surface area contributed by atoms with Crippen molar-refractivity contribution < 1.29 is 8.42 Å². The third-order valence-corrected chi connectivity index (χ3v) is 3.39. The van der Waals surface area contributed by atoms with Gasteiger partial charge in [0.1, 0.15) is 0 Å². The highest BCUT2D eigenvalue weighted by Gasteiger charge is 2.21. The third-order valence-electron chi connectivity index (χ3n) is 1.99. The molecule has 1 fully saturated rings. The van der Waals surface area contributed by atoms with Gasteiger partial charge in [-0.2, -0.15) is 0 Å². The Morgan fingerprint density at radius 3 is 2.64 bits per heavy atom. The lowest BCUT2D eigenvalue weighted by Gasteiger charge is -2.09. The Labute approximate surface area is 67.2 Å². The van der Waals surface area contributed by atoms with Crippen LogP contribution in [0.4, 0.5) is 0 Å². The van der Waals surface area contributed by atoms with Gasteiger partial charge in [-0.1, -0.05) is 0 Å². The normalized spacial score (nSPS) is 27.9. The largest absolute Gasteiger partial charge is 0.317 e. The van der Waals surface area contributed by atoms with Gasteiger partial charge in [0.25, 0.3) is 0 Å². The standard InChI is InChI=1S/C6H14N2O2S/c7-11(9,10)6-2-1-4-8-5-3-6/h6,8H,1-5H2,(H2,7,9,10)/t6-/m1/s1. The molecule has 1 saturated heterocycles. The van der Waals surface area contributed by atoms with Crippen LogP contribution >= 0.6 is 0 Å². The monoisotopic (exact) mass is 178 g/mol. The summed E-state index contributed by atoms with van der Waals surface area (Å²) in [7, 11) is -3.29. The molecule has 3 N–H and O–H groups in total. The Morgan fingerprint density at radius 2 is 2.00 bits per heavy atom. The van der Waals surface area contributed by atoms with Gasteiger partial charge in [-0.25, -0.2) is 13.6 Å². The molecule has 1 atom stereocenters. The van der Waals surface area contributed by atoms with Crippen molar-refractivity contribution in [1.82, 2.24) is 5.32 Å². The molecule has 0 amide bonds. The van der Waals surface area contributed by atoms with Crippen molar-refractivity contribution in [3.8, 4) is 0 Å². The molecule has 4 nitrogen and oxygen atoms in total. The Bertz CT molecular complexity index is 205. The molecule has 0 saturated carbocycles. The van der Waals surface area contributed by atoms with Gasteiger partial charge in [0.15, 0.2) is 0 Å². The summed E-state index contributed by atoms with van der Waals surface area (Å²) in [4.78, 5) is 0. The maximum absolute atomic E-state index is 10.9. The first-order chi connectivity index (χ1) is 5.11. The molecule has 0 aromatic carbocycles. The number of primary sulfonamides is 1. The predicted molar refractivity (Wildman–Crippen MR) is 43.6 cm³/mol. The molecule has 0 bridgehead atoms. The van der Waals surface area contributed by atoms with Crippen molar-refractivity contribution in [1.29, 1.82) is 0 Å². The van der Waals surface area contributed by atoms with Crippen LogP contribution in [0.1, 0.15) is 19.3 Å². The van der Waals surface area contributed by atoms with Crippen molar-refractivity contribution >= 4 is 10.0 Å². The van der Waals surface area contributed by atoms with Crippen LogP contribution in [0, 0.1) is 0 Å². The fraction of sp³-hybridized carbons (Fsp3) is 1.00. The smallest absolute Gasteiger partial charge is 0.212 e. The van der Waals surface area contributed by atoms with Crippen molar-refractivity contribution in [2.45, 2.75) is 24.5 Å². The minimum Gasteiger partial charge on any atom is -0.317 e. The summed E-state index contributed by atoms with van der Waals surface area (Å²) < 4.78 is 21.8. The van der Waals surface area contributed by atoms with Crippen LogP contribution in [-0.4, -0.2) is 26.8 Å². The minimum absolute atomic E-state index is 0.322. The summed E-state index contributed by atoms with van der Waals surface area (Å²) in [5.74, 6) is 0. The summed E-state index contributed by atoms with van der Waals surface area (Å²) in [6, 6.07) is 0. The van der Waals surface area contributed by atoms with Crippen molar-refractivity contribution in [3.05, 3.63) is 0 Å². The van der Waals surface area contributed by atoms with E-state index in [4.69, 9.17) is 5.14 Å². The highest BCUT2D eigenvalue weighted by Crippen LogP contribution is 2.11. The van der Waals surface area contributed by atoms with Crippen molar-refractivity contribution in [3.63, 3.8) is 0 Å². The van der Waals surface area contributed by atoms with Crippen LogP contribution in [0.2, 0.25) is 0 Å². The Balaban J connectivity index is 2.57. The Kier molecular flexibility index (Phi) is 2.86. The van der Waals surface area contributed by atoms with E-state index in [0.29, 0.717) is 12.8 Å². The number of sulfonamides is 1. The summed E-state index contributed by atoms with van der Waals surface area (Å²) in [5.41, 5.74) is 0. The first-order valence-corrected chi connectivity index (χ1v) is 5.44. The van der Waals surface area contributed by atoms with Gasteiger partial charge in [0, 0.05) is 0 Å². The van der Waals surface area contributed by atoms with E-state index in [1.54, 1.807) is 0 Å². The third kappa shape index (κ3) is 2.76. The minimum atomic E-state index is -3.29. The van der Waals surface area contributed by atoms with Crippen LogP contribution in [0.25, 0.3) is 0 Å². The van der Waals surface area contributed by atoms with E-state index < -0.39 is 10.0 Å². The molecule has 0 spiro atoms. The van der Waals surface area contributed by atoms with E-state index in [1.807, 2.05) is 0 Å². The van der Waals surface area contributed by atoms with E-state index in [0.717, 1.165) is 19.5 Å². The number of nitrogens with two attached hydrogens (primary N) is 1. The number of hydrogen-bond acceptors (Lipinski definition) is 3. The summed E-state index contributed by atoms with van der Waals surface area (Å²) in [6.07, 6.45) is 2.26. The fourth-order valence-electron chi connectivity index (χ4n) is 1.32. The maximum Gasteiger partial charge on any atom is 0.212 e. The molecule has 0 aromatic heterocycles. The number of rotatable bonds is 1. The van der Waals surface area contributed by atoms with Gasteiger partial charge in [0.2, 0.25) is 10.0 Å². The van der Waals surface area contributed by atoms with E-state index in [-0.39, 0.29) is 5.25 Å². The molecule has 1 aliphatic rings. The van der Waals surface area contributed by atoms with Crippen molar-refractivity contribution in [2.24, 2.45) is 5.14 Å². The maximum atomic E-state index is 10.9. The van der Waals surface area contributed by atoms with Crippen LogP contribution in [0.3, 0.4) is 0 Å². The van der Waals surface area contributed by atoms with Crippen molar-refractivity contribution in [2.75, 3.05) is 13.1 Å². The zero-order chi connectivity index (χ0) is 8.32. The highest BCUT2D eigenvalue weighted by atomic mass is 32.2. The molecule has 0 unspecified atom stereocenters. The first kappa shape index (κ1) is 8.96. The molecule has 11 heavy (non-hydrogen) atoms. The van der Waals surface area contributed by atoms with Gasteiger partial charge in [-0.05, 0) is 32.4 Å². The number of hydrogen-bond donors (Lipinski definition) is 2. The van der Waals surface area contributed by atoms with Gasteiger partial charge in [0.05, 0.1) is 5.25 Å². The second-order valence-corrected chi connectivity index (χ2v) is 4.74. The summed E-state index contributed by atoms with van der Waals surface area (Å²) >= 11 is 0. The molecule has 0 aromatic rings. The van der Waals surface area contributed by atoms with E-state index in [2.05, 4.69) is 5.32 Å². The second kappa shape index (κ2) is 3.51. The van der Waals surface area contributed by atoms with Crippen LogP contribution in [-0.2, 0) is 10.0 Å². The average Bonchev–Trinajstić information content (AvgIpc) is 2.10. The molecular weight excluding hydrogens is 164 g/mol. The van der Waals surface area contributed by atoms with Gasteiger partial charge < -0.3 is 5.32 Å². The van der Waals surface area contributed by atoms with Gasteiger partial charge in [-0.15, -0.1) is 0 Å². The zero-order valence-electron chi connectivity index (χ0n) is 6.41. The van der Waals surface area contributed by atoms with E-state index >= 15 is 0 Å². The summed E-state index contributed by atoms with van der Waals surface area (Å²) in [5, 5.41) is 7.83. The van der Waals surface area contributed by atoms with Gasteiger partial charge >= 0.3 is 0 Å². The SMILES string of the molecule is NS(=O)(=O)[C@@H]1CCCNCC1. The quantitative estimate of drug-likeness (QED) is 0.564. The lowest BCUT2D eigenvalue weighted by molar-refractivity contribution is 0.568. The first-order valence-electron chi connectivity index (χ1n) is 3.83.